The molecular weight excluding hydrogens is 260 g/mol. The summed E-state index contributed by atoms with van der Waals surface area (Å²) in [6, 6.07) is 18.6. The number of hydrogen-bond acceptors (Lipinski definition) is 2. The van der Waals surface area contributed by atoms with Gasteiger partial charge in [-0.2, -0.15) is 0 Å². The molecule has 0 saturated carbocycles. The highest BCUT2D eigenvalue weighted by Gasteiger charge is 2.03. The molecule has 0 saturated heterocycles. The molecule has 0 bridgehead atoms. The molecular formula is C19H20O2. The number of carbonyl (C=O) groups excluding carboxylic acids is 1. The Kier molecular flexibility index (Phi) is 5.33. The van der Waals surface area contributed by atoms with Crippen LogP contribution in [0.5, 0.6) is 0 Å². The zero-order valence-electron chi connectivity index (χ0n) is 12.3. The monoisotopic (exact) mass is 280 g/mol. The second-order valence-corrected chi connectivity index (χ2v) is 5.16. The predicted molar refractivity (Wildman–Crippen MR) is 84.9 cm³/mol. The van der Waals surface area contributed by atoms with Gasteiger partial charge in [0.05, 0.1) is 0 Å². The van der Waals surface area contributed by atoms with Crippen LogP contribution in [0.1, 0.15) is 23.6 Å². The van der Waals surface area contributed by atoms with Gasteiger partial charge in [0.25, 0.3) is 0 Å². The van der Waals surface area contributed by atoms with E-state index in [9.17, 15) is 4.79 Å². The summed E-state index contributed by atoms with van der Waals surface area (Å²) in [5.74, 6) is -0.344. The maximum absolute atomic E-state index is 11.3. The predicted octanol–water partition coefficient (Wildman–Crippen LogP) is 4.09. The Morgan fingerprint density at radius 3 is 2.00 bits per heavy atom. The molecule has 0 aliphatic rings. The molecule has 2 aromatic rings. The summed E-state index contributed by atoms with van der Waals surface area (Å²) in [6.45, 7) is 5.50. The highest BCUT2D eigenvalue weighted by atomic mass is 16.5. The van der Waals surface area contributed by atoms with Crippen LogP contribution in [0.25, 0.3) is 0 Å². The molecule has 0 aromatic heterocycles. The maximum Gasteiger partial charge on any atom is 0.333 e. The second-order valence-electron chi connectivity index (χ2n) is 5.16. The van der Waals surface area contributed by atoms with Gasteiger partial charge in [-0.25, -0.2) is 4.79 Å². The van der Waals surface area contributed by atoms with E-state index in [1.54, 1.807) is 6.92 Å². The van der Waals surface area contributed by atoms with E-state index in [4.69, 9.17) is 4.74 Å². The normalized spacial score (nSPS) is 10.1. The van der Waals surface area contributed by atoms with Crippen LogP contribution < -0.4 is 0 Å². The number of ether oxygens (including phenoxy) is 1. The molecule has 108 valence electrons. The second kappa shape index (κ2) is 7.44. The molecule has 2 aromatic carbocycles. The Morgan fingerprint density at radius 1 is 0.905 bits per heavy atom. The van der Waals surface area contributed by atoms with Gasteiger partial charge in [0.15, 0.2) is 0 Å². The van der Waals surface area contributed by atoms with E-state index < -0.39 is 0 Å². The summed E-state index contributed by atoms with van der Waals surface area (Å²) in [4.78, 5) is 11.3. The minimum Gasteiger partial charge on any atom is -0.457 e. The highest BCUT2D eigenvalue weighted by molar-refractivity contribution is 5.86. The lowest BCUT2D eigenvalue weighted by atomic mass is 10.0. The molecule has 0 N–H and O–H groups in total. The standard InChI is InChI=1S/C19H20O2/c1-15(2)19(20)21-14-18-12-10-17(11-13-18)9-8-16-6-4-3-5-7-16/h3-7,10-13H,1,8-9,14H2,2H3. The van der Waals surface area contributed by atoms with Crippen LogP contribution in [0.2, 0.25) is 0 Å². The van der Waals surface area contributed by atoms with Gasteiger partial charge in [-0.15, -0.1) is 0 Å². The van der Waals surface area contributed by atoms with Crippen molar-refractivity contribution in [3.8, 4) is 0 Å². The van der Waals surface area contributed by atoms with Gasteiger partial charge >= 0.3 is 5.97 Å². The Morgan fingerprint density at radius 2 is 1.43 bits per heavy atom. The van der Waals surface area contributed by atoms with Crippen LogP contribution in [0.15, 0.2) is 66.7 Å². The first-order chi connectivity index (χ1) is 10.1. The van der Waals surface area contributed by atoms with E-state index in [0.717, 1.165) is 18.4 Å². The molecule has 2 rings (SSSR count). The van der Waals surface area contributed by atoms with Crippen LogP contribution >= 0.6 is 0 Å². The molecule has 0 heterocycles. The van der Waals surface area contributed by atoms with Crippen molar-refractivity contribution in [2.75, 3.05) is 0 Å². The van der Waals surface area contributed by atoms with Crippen molar-refractivity contribution in [2.45, 2.75) is 26.4 Å². The van der Waals surface area contributed by atoms with Crippen LogP contribution in [-0.4, -0.2) is 5.97 Å². The smallest absolute Gasteiger partial charge is 0.333 e. The van der Waals surface area contributed by atoms with E-state index in [1.165, 1.54) is 11.1 Å². The minimum absolute atomic E-state index is 0.296. The summed E-state index contributed by atoms with van der Waals surface area (Å²) < 4.78 is 5.12. The fourth-order valence-electron chi connectivity index (χ4n) is 2.01. The fraction of sp³-hybridized carbons (Fsp3) is 0.211. The Labute approximate surface area is 126 Å². The number of hydrogen-bond donors (Lipinski definition) is 0. The first-order valence-corrected chi connectivity index (χ1v) is 7.09. The van der Waals surface area contributed by atoms with Gasteiger partial charge in [0.2, 0.25) is 0 Å². The van der Waals surface area contributed by atoms with Crippen LogP contribution in [0.3, 0.4) is 0 Å². The quantitative estimate of drug-likeness (QED) is 0.588. The molecule has 0 aliphatic carbocycles. The van der Waals surface area contributed by atoms with E-state index in [0.29, 0.717) is 12.2 Å². The zero-order valence-corrected chi connectivity index (χ0v) is 12.3. The van der Waals surface area contributed by atoms with Gasteiger partial charge in [0, 0.05) is 5.57 Å². The summed E-state index contributed by atoms with van der Waals surface area (Å²) in [7, 11) is 0. The Balaban J connectivity index is 1.84. The van der Waals surface area contributed by atoms with E-state index >= 15 is 0 Å². The van der Waals surface area contributed by atoms with Crippen molar-refractivity contribution in [3.05, 3.63) is 83.4 Å². The number of aryl methyl sites for hydroxylation is 2. The van der Waals surface area contributed by atoms with Crippen LogP contribution in [0.4, 0.5) is 0 Å². The third-order valence-electron chi connectivity index (χ3n) is 3.29. The van der Waals surface area contributed by atoms with Crippen molar-refractivity contribution < 1.29 is 9.53 Å². The van der Waals surface area contributed by atoms with Crippen molar-refractivity contribution in [2.24, 2.45) is 0 Å². The van der Waals surface area contributed by atoms with E-state index in [2.05, 4.69) is 43.0 Å². The molecule has 0 unspecified atom stereocenters. The fourth-order valence-corrected chi connectivity index (χ4v) is 2.01. The highest BCUT2D eigenvalue weighted by Crippen LogP contribution is 2.10. The first-order valence-electron chi connectivity index (χ1n) is 7.09. The lowest BCUT2D eigenvalue weighted by Gasteiger charge is -2.06. The third kappa shape index (κ3) is 4.92. The average Bonchev–Trinajstić information content (AvgIpc) is 2.52. The molecule has 0 amide bonds. The summed E-state index contributed by atoms with van der Waals surface area (Å²) >= 11 is 0. The molecule has 0 atom stereocenters. The summed E-state index contributed by atoms with van der Waals surface area (Å²) in [5, 5.41) is 0. The maximum atomic E-state index is 11.3. The van der Waals surface area contributed by atoms with Gasteiger partial charge in [-0.3, -0.25) is 0 Å². The van der Waals surface area contributed by atoms with Gasteiger partial charge < -0.3 is 4.74 Å². The summed E-state index contributed by atoms with van der Waals surface area (Å²) in [5.41, 5.74) is 4.05. The molecule has 2 heteroatoms. The summed E-state index contributed by atoms with van der Waals surface area (Å²) in [6.07, 6.45) is 2.04. The van der Waals surface area contributed by atoms with Crippen molar-refractivity contribution in [1.29, 1.82) is 0 Å². The van der Waals surface area contributed by atoms with E-state index in [-0.39, 0.29) is 5.97 Å². The SMILES string of the molecule is C=C(C)C(=O)OCc1ccc(CCc2ccccc2)cc1. The van der Waals surface area contributed by atoms with E-state index in [1.807, 2.05) is 18.2 Å². The third-order valence-corrected chi connectivity index (χ3v) is 3.29. The molecule has 0 spiro atoms. The number of benzene rings is 2. The van der Waals surface area contributed by atoms with Gasteiger partial charge in [0.1, 0.15) is 6.61 Å². The Bertz CT molecular complexity index is 597. The van der Waals surface area contributed by atoms with Gasteiger partial charge in [-0.1, -0.05) is 61.2 Å². The van der Waals surface area contributed by atoms with Gasteiger partial charge in [-0.05, 0) is 36.5 Å². The number of carbonyl (C=O) groups is 1. The van der Waals surface area contributed by atoms with Crippen molar-refractivity contribution >= 4 is 5.97 Å². The topological polar surface area (TPSA) is 26.3 Å². The Hall–Kier alpha value is -2.35. The minimum atomic E-state index is -0.344. The van der Waals surface area contributed by atoms with Crippen molar-refractivity contribution in [3.63, 3.8) is 0 Å². The lowest BCUT2D eigenvalue weighted by Crippen LogP contribution is -2.04. The largest absolute Gasteiger partial charge is 0.457 e. The van der Waals surface area contributed by atoms with Crippen molar-refractivity contribution in [1.82, 2.24) is 0 Å². The lowest BCUT2D eigenvalue weighted by molar-refractivity contribution is -0.140. The molecule has 0 radical (unpaired) electrons. The molecule has 0 fully saturated rings. The number of rotatable bonds is 6. The average molecular weight is 280 g/mol. The number of esters is 1. The first kappa shape index (κ1) is 15.0. The zero-order chi connectivity index (χ0) is 15.1. The van der Waals surface area contributed by atoms with Crippen LogP contribution in [-0.2, 0) is 29.0 Å². The van der Waals surface area contributed by atoms with Crippen LogP contribution in [0, 0.1) is 0 Å². The molecule has 2 nitrogen and oxygen atoms in total. The molecule has 21 heavy (non-hydrogen) atoms. The molecule has 0 aliphatic heterocycles.